The van der Waals surface area contributed by atoms with Gasteiger partial charge in [0.15, 0.2) is 11.6 Å². The lowest BCUT2D eigenvalue weighted by atomic mass is 10.2. The summed E-state index contributed by atoms with van der Waals surface area (Å²) in [5, 5.41) is 8.32. The van der Waals surface area contributed by atoms with Gasteiger partial charge >= 0.3 is 5.97 Å². The van der Waals surface area contributed by atoms with Crippen LogP contribution >= 0.6 is 15.9 Å². The lowest BCUT2D eigenvalue weighted by Crippen LogP contribution is -2.10. The first-order valence-corrected chi connectivity index (χ1v) is 7.36. The first kappa shape index (κ1) is 14.5. The Hall–Kier alpha value is -2.48. The largest absolute Gasteiger partial charge is 0.462 e. The van der Waals surface area contributed by atoms with E-state index in [0.717, 1.165) is 4.47 Å². The smallest absolute Gasteiger partial charge is 0.338 e. The SMILES string of the molecule is CCOC(=O)c1cc(-n2cccn2)nc(-n2cc(Br)cn2)c1. The van der Waals surface area contributed by atoms with Crippen molar-refractivity contribution < 1.29 is 9.53 Å². The highest BCUT2D eigenvalue weighted by Gasteiger charge is 2.13. The van der Waals surface area contributed by atoms with Gasteiger partial charge in [0.05, 0.1) is 22.8 Å². The Morgan fingerprint density at radius 2 is 2.05 bits per heavy atom. The van der Waals surface area contributed by atoms with Crippen LogP contribution < -0.4 is 0 Å². The summed E-state index contributed by atoms with van der Waals surface area (Å²) in [5.41, 5.74) is 0.393. The number of carbonyl (C=O) groups excluding carboxylic acids is 1. The van der Waals surface area contributed by atoms with Crippen molar-refractivity contribution in [3.63, 3.8) is 0 Å². The molecule has 112 valence electrons. The molecule has 0 radical (unpaired) electrons. The fraction of sp³-hybridized carbons (Fsp3) is 0.143. The fourth-order valence-corrected chi connectivity index (χ4v) is 2.18. The van der Waals surface area contributed by atoms with E-state index in [1.54, 1.807) is 59.3 Å². The summed E-state index contributed by atoms with van der Waals surface area (Å²) in [6, 6.07) is 5.04. The van der Waals surface area contributed by atoms with Gasteiger partial charge in [-0.1, -0.05) is 0 Å². The number of aromatic nitrogens is 5. The van der Waals surface area contributed by atoms with Gasteiger partial charge in [0.2, 0.25) is 0 Å². The second kappa shape index (κ2) is 6.10. The molecule has 0 amide bonds. The molecule has 0 unspecified atom stereocenters. The number of pyridine rings is 1. The second-order valence-corrected chi connectivity index (χ2v) is 5.26. The predicted octanol–water partition coefficient (Wildman–Crippen LogP) is 2.39. The van der Waals surface area contributed by atoms with Crippen LogP contribution in [-0.2, 0) is 4.74 Å². The van der Waals surface area contributed by atoms with Crippen molar-refractivity contribution in [2.75, 3.05) is 6.61 Å². The Balaban J connectivity index is 2.11. The molecule has 0 saturated carbocycles. The van der Waals surface area contributed by atoms with Crippen LogP contribution in [0.1, 0.15) is 17.3 Å². The maximum atomic E-state index is 12.0. The van der Waals surface area contributed by atoms with Crippen LogP contribution in [0, 0.1) is 0 Å². The van der Waals surface area contributed by atoms with E-state index in [4.69, 9.17) is 4.74 Å². The maximum absolute atomic E-state index is 12.0. The van der Waals surface area contributed by atoms with E-state index in [9.17, 15) is 4.79 Å². The minimum atomic E-state index is -0.411. The van der Waals surface area contributed by atoms with Crippen LogP contribution in [0.4, 0.5) is 0 Å². The van der Waals surface area contributed by atoms with Crippen molar-refractivity contribution in [2.45, 2.75) is 6.92 Å². The molecule has 3 heterocycles. The Morgan fingerprint density at radius 1 is 1.27 bits per heavy atom. The molecular weight excluding hydrogens is 350 g/mol. The summed E-state index contributed by atoms with van der Waals surface area (Å²) >= 11 is 3.34. The van der Waals surface area contributed by atoms with Crippen LogP contribution in [0.5, 0.6) is 0 Å². The molecule has 0 aliphatic rings. The van der Waals surface area contributed by atoms with E-state index in [-0.39, 0.29) is 0 Å². The molecule has 0 aliphatic heterocycles. The van der Waals surface area contributed by atoms with E-state index in [2.05, 4.69) is 31.1 Å². The summed E-state index contributed by atoms with van der Waals surface area (Å²) < 4.78 is 9.02. The molecule has 0 aliphatic carbocycles. The number of halogens is 1. The van der Waals surface area contributed by atoms with Gasteiger partial charge in [-0.05, 0) is 41.1 Å². The van der Waals surface area contributed by atoms with Crippen LogP contribution in [-0.4, -0.2) is 37.1 Å². The molecule has 3 aromatic rings. The van der Waals surface area contributed by atoms with Gasteiger partial charge in [0, 0.05) is 18.6 Å². The standard InChI is InChI=1S/C14H12BrN5O2/c1-2-22-14(21)10-6-12(19-5-3-4-16-19)18-13(7-10)20-9-11(15)8-17-20/h3-9H,2H2,1H3. The summed E-state index contributed by atoms with van der Waals surface area (Å²) in [5.74, 6) is 0.602. The van der Waals surface area contributed by atoms with E-state index < -0.39 is 5.97 Å². The molecule has 22 heavy (non-hydrogen) atoms. The van der Waals surface area contributed by atoms with Crippen molar-refractivity contribution in [3.8, 4) is 11.6 Å². The quantitative estimate of drug-likeness (QED) is 0.667. The molecule has 0 atom stereocenters. The number of hydrogen-bond donors (Lipinski definition) is 0. The van der Waals surface area contributed by atoms with E-state index in [1.165, 1.54) is 0 Å². The lowest BCUT2D eigenvalue weighted by molar-refractivity contribution is 0.0526. The normalized spacial score (nSPS) is 10.6. The van der Waals surface area contributed by atoms with Crippen LogP contribution in [0.3, 0.4) is 0 Å². The Kier molecular flexibility index (Phi) is 4.01. The fourth-order valence-electron chi connectivity index (χ4n) is 1.90. The number of carbonyl (C=O) groups is 1. The number of rotatable bonds is 4. The summed E-state index contributed by atoms with van der Waals surface area (Å²) in [4.78, 5) is 16.5. The van der Waals surface area contributed by atoms with E-state index in [1.807, 2.05) is 0 Å². The molecule has 0 N–H and O–H groups in total. The van der Waals surface area contributed by atoms with Gasteiger partial charge in [-0.25, -0.2) is 19.1 Å². The third-order valence-corrected chi connectivity index (χ3v) is 3.24. The zero-order valence-corrected chi connectivity index (χ0v) is 13.3. The topological polar surface area (TPSA) is 74.8 Å². The number of esters is 1. The van der Waals surface area contributed by atoms with Gasteiger partial charge in [0.25, 0.3) is 0 Å². The van der Waals surface area contributed by atoms with Crippen molar-refractivity contribution in [1.82, 2.24) is 24.5 Å². The van der Waals surface area contributed by atoms with Crippen molar-refractivity contribution in [3.05, 3.63) is 53.0 Å². The van der Waals surface area contributed by atoms with Crippen molar-refractivity contribution in [1.29, 1.82) is 0 Å². The summed E-state index contributed by atoms with van der Waals surface area (Å²) in [6.07, 6.45) is 6.79. The Bertz CT molecular complexity index is 797. The van der Waals surface area contributed by atoms with E-state index >= 15 is 0 Å². The molecule has 3 rings (SSSR count). The molecule has 0 spiro atoms. The molecule has 0 fully saturated rings. The Labute approximate surface area is 134 Å². The van der Waals surface area contributed by atoms with Gasteiger partial charge in [-0.2, -0.15) is 10.2 Å². The molecule has 0 saturated heterocycles. The highest BCUT2D eigenvalue weighted by atomic mass is 79.9. The highest BCUT2D eigenvalue weighted by molar-refractivity contribution is 9.10. The predicted molar refractivity (Wildman–Crippen MR) is 82.1 cm³/mol. The van der Waals surface area contributed by atoms with Gasteiger partial charge in [-0.3, -0.25) is 0 Å². The molecule has 0 bridgehead atoms. The zero-order valence-electron chi connectivity index (χ0n) is 11.7. The Morgan fingerprint density at radius 3 is 2.64 bits per heavy atom. The average Bonchev–Trinajstić information content (AvgIpc) is 3.18. The minimum absolute atomic E-state index is 0.306. The van der Waals surface area contributed by atoms with Crippen LogP contribution in [0.15, 0.2) is 47.5 Å². The van der Waals surface area contributed by atoms with Crippen LogP contribution in [0.25, 0.3) is 11.6 Å². The summed E-state index contributed by atoms with van der Waals surface area (Å²) in [6.45, 7) is 2.07. The van der Waals surface area contributed by atoms with E-state index in [0.29, 0.717) is 23.8 Å². The summed E-state index contributed by atoms with van der Waals surface area (Å²) in [7, 11) is 0. The lowest BCUT2D eigenvalue weighted by Gasteiger charge is -2.08. The molecule has 0 aromatic carbocycles. The molecule has 7 nitrogen and oxygen atoms in total. The molecule has 8 heteroatoms. The number of nitrogens with zero attached hydrogens (tertiary/aromatic N) is 5. The highest BCUT2D eigenvalue weighted by Crippen LogP contribution is 2.16. The van der Waals surface area contributed by atoms with Crippen LogP contribution in [0.2, 0.25) is 0 Å². The molecular formula is C14H12BrN5O2. The monoisotopic (exact) mass is 361 g/mol. The van der Waals surface area contributed by atoms with Gasteiger partial charge in [-0.15, -0.1) is 0 Å². The first-order chi connectivity index (χ1) is 10.7. The van der Waals surface area contributed by atoms with Crippen molar-refractivity contribution in [2.24, 2.45) is 0 Å². The third-order valence-electron chi connectivity index (χ3n) is 2.83. The van der Waals surface area contributed by atoms with Gasteiger partial charge < -0.3 is 4.74 Å². The first-order valence-electron chi connectivity index (χ1n) is 6.57. The second-order valence-electron chi connectivity index (χ2n) is 4.35. The maximum Gasteiger partial charge on any atom is 0.338 e. The minimum Gasteiger partial charge on any atom is -0.462 e. The van der Waals surface area contributed by atoms with Crippen molar-refractivity contribution >= 4 is 21.9 Å². The average molecular weight is 362 g/mol. The number of hydrogen-bond acceptors (Lipinski definition) is 5. The zero-order chi connectivity index (χ0) is 15.5. The third kappa shape index (κ3) is 2.91. The van der Waals surface area contributed by atoms with Gasteiger partial charge in [0.1, 0.15) is 0 Å². The molecule has 3 aromatic heterocycles. The number of ether oxygens (including phenoxy) is 1.